The summed E-state index contributed by atoms with van der Waals surface area (Å²) in [5.74, 6) is 0. The molecule has 0 amide bonds. The minimum absolute atomic E-state index is 0.455. The van der Waals surface area contributed by atoms with Gasteiger partial charge in [-0.05, 0) is 23.8 Å². The molecule has 0 saturated carbocycles. The zero-order valence-corrected chi connectivity index (χ0v) is 9.84. The summed E-state index contributed by atoms with van der Waals surface area (Å²) in [7, 11) is 0. The number of aliphatic hydroxyl groups is 1. The van der Waals surface area contributed by atoms with Crippen LogP contribution in [0.2, 0.25) is 0 Å². The second-order valence-electron chi connectivity index (χ2n) is 4.01. The highest BCUT2D eigenvalue weighted by molar-refractivity contribution is 5.32. The van der Waals surface area contributed by atoms with E-state index >= 15 is 0 Å². The molecule has 1 aromatic heterocycles. The Kier molecular flexibility index (Phi) is 4.13. The van der Waals surface area contributed by atoms with Crippen LogP contribution >= 0.6 is 0 Å². The SMILES string of the molecule is N#Cc1ccc(C(O)CNCc2ccoc2)cc1. The molecule has 1 unspecified atom stereocenters. The largest absolute Gasteiger partial charge is 0.472 e. The third-order valence-electron chi connectivity index (χ3n) is 2.67. The van der Waals surface area contributed by atoms with Crippen LogP contribution in [0.5, 0.6) is 0 Å². The quantitative estimate of drug-likeness (QED) is 0.841. The number of nitrogens with one attached hydrogen (secondary N) is 1. The second-order valence-corrected chi connectivity index (χ2v) is 4.01. The van der Waals surface area contributed by atoms with E-state index in [9.17, 15) is 5.11 Å². The van der Waals surface area contributed by atoms with Crippen LogP contribution in [0, 0.1) is 11.3 Å². The molecule has 4 heteroatoms. The fourth-order valence-electron chi connectivity index (χ4n) is 1.64. The van der Waals surface area contributed by atoms with Crippen molar-refractivity contribution in [2.24, 2.45) is 0 Å². The highest BCUT2D eigenvalue weighted by Crippen LogP contribution is 2.13. The smallest absolute Gasteiger partial charge is 0.0991 e. The molecule has 0 aliphatic heterocycles. The van der Waals surface area contributed by atoms with Gasteiger partial charge in [-0.2, -0.15) is 5.26 Å². The number of aliphatic hydroxyl groups excluding tert-OH is 1. The van der Waals surface area contributed by atoms with Crippen LogP contribution in [0.4, 0.5) is 0 Å². The molecule has 0 spiro atoms. The van der Waals surface area contributed by atoms with Crippen molar-refractivity contribution in [3.8, 4) is 6.07 Å². The summed E-state index contributed by atoms with van der Waals surface area (Å²) in [6.07, 6.45) is 2.71. The van der Waals surface area contributed by atoms with Crippen LogP contribution in [0.15, 0.2) is 47.3 Å². The predicted octanol–water partition coefficient (Wildman–Crippen LogP) is 1.97. The van der Waals surface area contributed by atoms with E-state index in [2.05, 4.69) is 5.32 Å². The molecule has 0 aliphatic rings. The Morgan fingerprint density at radius 3 is 2.67 bits per heavy atom. The molecule has 0 fully saturated rings. The third kappa shape index (κ3) is 3.20. The maximum atomic E-state index is 9.94. The zero-order valence-electron chi connectivity index (χ0n) is 9.84. The van der Waals surface area contributed by atoms with Gasteiger partial charge in [-0.15, -0.1) is 0 Å². The standard InChI is InChI=1S/C14H14N2O2/c15-7-11-1-3-13(4-2-11)14(17)9-16-8-12-5-6-18-10-12/h1-6,10,14,16-17H,8-9H2. The number of rotatable bonds is 5. The Hall–Kier alpha value is -2.09. The van der Waals surface area contributed by atoms with Crippen molar-refractivity contribution >= 4 is 0 Å². The van der Waals surface area contributed by atoms with Gasteiger partial charge in [0.15, 0.2) is 0 Å². The molecule has 1 aromatic carbocycles. The first-order valence-electron chi connectivity index (χ1n) is 5.69. The average molecular weight is 242 g/mol. The lowest BCUT2D eigenvalue weighted by atomic mass is 10.1. The van der Waals surface area contributed by atoms with Crippen LogP contribution in [0.25, 0.3) is 0 Å². The van der Waals surface area contributed by atoms with Gasteiger partial charge in [0.05, 0.1) is 30.3 Å². The van der Waals surface area contributed by atoms with E-state index in [1.165, 1.54) is 0 Å². The molecular weight excluding hydrogens is 228 g/mol. The molecule has 0 bridgehead atoms. The average Bonchev–Trinajstić information content (AvgIpc) is 2.92. The number of hydrogen-bond acceptors (Lipinski definition) is 4. The lowest BCUT2D eigenvalue weighted by molar-refractivity contribution is 0.174. The normalized spacial score (nSPS) is 12.0. The highest BCUT2D eigenvalue weighted by Gasteiger charge is 2.06. The van der Waals surface area contributed by atoms with Crippen molar-refractivity contribution in [1.82, 2.24) is 5.32 Å². The van der Waals surface area contributed by atoms with Gasteiger partial charge in [-0.1, -0.05) is 12.1 Å². The van der Waals surface area contributed by atoms with Gasteiger partial charge in [0.25, 0.3) is 0 Å². The number of furan rings is 1. The maximum absolute atomic E-state index is 9.94. The van der Waals surface area contributed by atoms with Crippen molar-refractivity contribution in [3.05, 3.63) is 59.5 Å². The Labute approximate surface area is 105 Å². The lowest BCUT2D eigenvalue weighted by Crippen LogP contribution is -2.20. The van der Waals surface area contributed by atoms with Crippen LogP contribution < -0.4 is 5.32 Å². The van der Waals surface area contributed by atoms with Crippen molar-refractivity contribution in [1.29, 1.82) is 5.26 Å². The van der Waals surface area contributed by atoms with Gasteiger partial charge in [0.1, 0.15) is 0 Å². The lowest BCUT2D eigenvalue weighted by Gasteiger charge is -2.11. The summed E-state index contributed by atoms with van der Waals surface area (Å²) in [6.45, 7) is 1.11. The summed E-state index contributed by atoms with van der Waals surface area (Å²) in [6, 6.07) is 10.9. The van der Waals surface area contributed by atoms with Crippen molar-refractivity contribution in [2.75, 3.05) is 6.54 Å². The Morgan fingerprint density at radius 2 is 2.06 bits per heavy atom. The number of nitriles is 1. The molecule has 1 atom stereocenters. The molecule has 0 saturated heterocycles. The summed E-state index contributed by atoms with van der Waals surface area (Å²) in [5, 5.41) is 21.8. The van der Waals surface area contributed by atoms with Gasteiger partial charge in [-0.25, -0.2) is 0 Å². The fraction of sp³-hybridized carbons (Fsp3) is 0.214. The highest BCUT2D eigenvalue weighted by atomic mass is 16.3. The Bertz CT molecular complexity index is 512. The van der Waals surface area contributed by atoms with Gasteiger partial charge in [0, 0.05) is 18.7 Å². The minimum Gasteiger partial charge on any atom is -0.472 e. The van der Waals surface area contributed by atoms with E-state index in [0.29, 0.717) is 18.7 Å². The first-order valence-corrected chi connectivity index (χ1v) is 5.69. The topological polar surface area (TPSA) is 69.2 Å². The molecule has 4 nitrogen and oxygen atoms in total. The number of hydrogen-bond donors (Lipinski definition) is 2. The molecule has 0 radical (unpaired) electrons. The molecule has 18 heavy (non-hydrogen) atoms. The zero-order chi connectivity index (χ0) is 12.8. The van der Waals surface area contributed by atoms with Crippen LogP contribution in [0.1, 0.15) is 22.8 Å². The second kappa shape index (κ2) is 6.01. The maximum Gasteiger partial charge on any atom is 0.0991 e. The first-order chi connectivity index (χ1) is 8.79. The van der Waals surface area contributed by atoms with Crippen molar-refractivity contribution in [3.63, 3.8) is 0 Å². The summed E-state index contributed by atoms with van der Waals surface area (Å²) in [4.78, 5) is 0. The van der Waals surface area contributed by atoms with Crippen molar-refractivity contribution in [2.45, 2.75) is 12.6 Å². The van der Waals surface area contributed by atoms with E-state index in [1.807, 2.05) is 12.1 Å². The molecule has 2 aromatic rings. The van der Waals surface area contributed by atoms with Crippen LogP contribution in [-0.2, 0) is 6.54 Å². The van der Waals surface area contributed by atoms with Gasteiger partial charge in [-0.3, -0.25) is 0 Å². The van der Waals surface area contributed by atoms with E-state index < -0.39 is 6.10 Å². The van der Waals surface area contributed by atoms with Gasteiger partial charge < -0.3 is 14.8 Å². The number of benzene rings is 1. The van der Waals surface area contributed by atoms with E-state index in [-0.39, 0.29) is 0 Å². The van der Waals surface area contributed by atoms with Gasteiger partial charge >= 0.3 is 0 Å². The summed E-state index contributed by atoms with van der Waals surface area (Å²) >= 11 is 0. The Balaban J connectivity index is 1.83. The Morgan fingerprint density at radius 1 is 1.28 bits per heavy atom. The van der Waals surface area contributed by atoms with E-state index in [0.717, 1.165) is 11.1 Å². The molecule has 1 heterocycles. The molecule has 2 N–H and O–H groups in total. The van der Waals surface area contributed by atoms with Crippen LogP contribution in [-0.4, -0.2) is 11.7 Å². The van der Waals surface area contributed by atoms with Crippen molar-refractivity contribution < 1.29 is 9.52 Å². The summed E-state index contributed by atoms with van der Waals surface area (Å²) in [5.41, 5.74) is 2.44. The van der Waals surface area contributed by atoms with Crippen LogP contribution in [0.3, 0.4) is 0 Å². The summed E-state index contributed by atoms with van der Waals surface area (Å²) < 4.78 is 4.95. The predicted molar refractivity (Wildman–Crippen MR) is 66.5 cm³/mol. The number of nitrogens with zero attached hydrogens (tertiary/aromatic N) is 1. The third-order valence-corrected chi connectivity index (χ3v) is 2.67. The molecular formula is C14H14N2O2. The molecule has 92 valence electrons. The minimum atomic E-state index is -0.579. The monoisotopic (exact) mass is 242 g/mol. The molecule has 0 aliphatic carbocycles. The van der Waals surface area contributed by atoms with E-state index in [4.69, 9.17) is 9.68 Å². The van der Waals surface area contributed by atoms with E-state index in [1.54, 1.807) is 36.8 Å². The first kappa shape index (κ1) is 12.4. The fourth-order valence-corrected chi connectivity index (χ4v) is 1.64. The van der Waals surface area contributed by atoms with Gasteiger partial charge in [0.2, 0.25) is 0 Å². The molecule has 2 rings (SSSR count).